The zero-order chi connectivity index (χ0) is 20.1. The van der Waals surface area contributed by atoms with Crippen LogP contribution in [0.3, 0.4) is 0 Å². The standard InChI is InChI=1S/C23H26N4O3/c1-15(22-12-27(26-25-22)17-9-23(10-17)5-7-29-14-23)30-18-2-3-21-20(8-18)19-4-6-28-13-16(19)11-24-21/h2-3,8,11-12,15,17H,4-7,9-10,13-14H2,1H3/t15-,17?,23?/m1/s1. The highest BCUT2D eigenvalue weighted by Crippen LogP contribution is 2.53. The van der Waals surface area contributed by atoms with Gasteiger partial charge in [0, 0.05) is 18.2 Å². The summed E-state index contributed by atoms with van der Waals surface area (Å²) in [7, 11) is 0. The van der Waals surface area contributed by atoms with Crippen molar-refractivity contribution in [2.45, 2.75) is 51.4 Å². The molecule has 2 fully saturated rings. The molecule has 1 spiro atoms. The molecule has 1 saturated carbocycles. The van der Waals surface area contributed by atoms with Crippen LogP contribution in [0.1, 0.15) is 55.2 Å². The Morgan fingerprint density at radius 3 is 3.03 bits per heavy atom. The molecule has 30 heavy (non-hydrogen) atoms. The maximum atomic E-state index is 6.24. The molecule has 1 aliphatic carbocycles. The molecule has 2 aliphatic heterocycles. The number of benzene rings is 1. The Morgan fingerprint density at radius 1 is 1.23 bits per heavy atom. The van der Waals surface area contributed by atoms with Crippen LogP contribution in [-0.2, 0) is 22.5 Å². The summed E-state index contributed by atoms with van der Waals surface area (Å²) in [5, 5.41) is 9.93. The summed E-state index contributed by atoms with van der Waals surface area (Å²) < 4.78 is 19.4. The first kappa shape index (κ1) is 18.3. The van der Waals surface area contributed by atoms with Crippen LogP contribution in [0.4, 0.5) is 0 Å². The van der Waals surface area contributed by atoms with Gasteiger partial charge in [-0.15, -0.1) is 5.10 Å². The highest BCUT2D eigenvalue weighted by Gasteiger charge is 2.48. The molecule has 6 rings (SSSR count). The summed E-state index contributed by atoms with van der Waals surface area (Å²) >= 11 is 0. The van der Waals surface area contributed by atoms with Gasteiger partial charge in [0.25, 0.3) is 0 Å². The van der Waals surface area contributed by atoms with Gasteiger partial charge < -0.3 is 14.2 Å². The van der Waals surface area contributed by atoms with Gasteiger partial charge in [-0.3, -0.25) is 4.98 Å². The molecule has 4 heterocycles. The van der Waals surface area contributed by atoms with Gasteiger partial charge in [0.1, 0.15) is 17.5 Å². The maximum absolute atomic E-state index is 6.24. The van der Waals surface area contributed by atoms with Crippen LogP contribution in [0.5, 0.6) is 5.75 Å². The quantitative estimate of drug-likeness (QED) is 0.657. The Hall–Kier alpha value is -2.51. The van der Waals surface area contributed by atoms with E-state index < -0.39 is 0 Å². The highest BCUT2D eigenvalue weighted by molar-refractivity contribution is 5.84. The van der Waals surface area contributed by atoms with E-state index >= 15 is 0 Å². The molecule has 156 valence electrons. The van der Waals surface area contributed by atoms with E-state index in [4.69, 9.17) is 14.2 Å². The largest absolute Gasteiger partial charge is 0.484 e. The summed E-state index contributed by atoms with van der Waals surface area (Å²) in [5.74, 6) is 0.831. The maximum Gasteiger partial charge on any atom is 0.141 e. The van der Waals surface area contributed by atoms with Crippen LogP contribution in [-0.4, -0.2) is 39.8 Å². The van der Waals surface area contributed by atoms with E-state index in [0.717, 1.165) is 61.4 Å². The molecule has 7 nitrogen and oxygen atoms in total. The van der Waals surface area contributed by atoms with Crippen LogP contribution >= 0.6 is 0 Å². The predicted octanol–water partition coefficient (Wildman–Crippen LogP) is 3.78. The second-order valence-electron chi connectivity index (χ2n) is 8.99. The molecule has 0 radical (unpaired) electrons. The number of fused-ring (bicyclic) bond motifs is 3. The molecule has 1 aromatic carbocycles. The van der Waals surface area contributed by atoms with Gasteiger partial charge in [-0.05, 0) is 67.3 Å². The molecule has 7 heteroatoms. The molecule has 0 amide bonds. The second-order valence-corrected chi connectivity index (χ2v) is 8.99. The normalized spacial score (nSPS) is 26.5. The minimum atomic E-state index is -0.170. The zero-order valence-electron chi connectivity index (χ0n) is 17.2. The minimum Gasteiger partial charge on any atom is -0.484 e. The third-order valence-corrected chi connectivity index (χ3v) is 6.95. The van der Waals surface area contributed by atoms with Crippen molar-refractivity contribution in [3.8, 4) is 5.75 Å². The molecule has 1 atom stereocenters. The number of hydrogen-bond donors (Lipinski definition) is 0. The van der Waals surface area contributed by atoms with Gasteiger partial charge in [-0.2, -0.15) is 0 Å². The van der Waals surface area contributed by atoms with E-state index in [1.54, 1.807) is 0 Å². The fourth-order valence-corrected chi connectivity index (χ4v) is 5.14. The number of ether oxygens (including phenoxy) is 3. The molecule has 3 aromatic rings. The monoisotopic (exact) mass is 406 g/mol. The van der Waals surface area contributed by atoms with Crippen molar-refractivity contribution in [2.24, 2.45) is 5.41 Å². The lowest BCUT2D eigenvalue weighted by molar-refractivity contribution is 0.0376. The van der Waals surface area contributed by atoms with Crippen molar-refractivity contribution in [2.75, 3.05) is 19.8 Å². The fourth-order valence-electron chi connectivity index (χ4n) is 5.14. The van der Waals surface area contributed by atoms with Crippen molar-refractivity contribution in [1.29, 1.82) is 0 Å². The van der Waals surface area contributed by atoms with Crippen LogP contribution in [0, 0.1) is 5.41 Å². The summed E-state index contributed by atoms with van der Waals surface area (Å²) in [4.78, 5) is 4.57. The zero-order valence-corrected chi connectivity index (χ0v) is 17.2. The van der Waals surface area contributed by atoms with Gasteiger partial charge >= 0.3 is 0 Å². The van der Waals surface area contributed by atoms with E-state index in [1.165, 1.54) is 17.5 Å². The summed E-state index contributed by atoms with van der Waals surface area (Å²) in [6, 6.07) is 6.54. The van der Waals surface area contributed by atoms with E-state index in [0.29, 0.717) is 18.1 Å². The third-order valence-electron chi connectivity index (χ3n) is 6.95. The topological polar surface area (TPSA) is 71.3 Å². The number of nitrogens with zero attached hydrogens (tertiary/aromatic N) is 4. The lowest BCUT2D eigenvalue weighted by Crippen LogP contribution is -2.39. The smallest absolute Gasteiger partial charge is 0.141 e. The van der Waals surface area contributed by atoms with Crippen molar-refractivity contribution >= 4 is 10.9 Å². The van der Waals surface area contributed by atoms with Crippen molar-refractivity contribution < 1.29 is 14.2 Å². The first-order chi connectivity index (χ1) is 14.7. The molecule has 0 bridgehead atoms. The molecule has 0 unspecified atom stereocenters. The van der Waals surface area contributed by atoms with Gasteiger partial charge in [0.15, 0.2) is 0 Å². The Bertz CT molecular complexity index is 1080. The summed E-state index contributed by atoms with van der Waals surface area (Å²) in [6.45, 7) is 5.22. The summed E-state index contributed by atoms with van der Waals surface area (Å²) in [5.41, 5.74) is 4.75. The Labute approximate surface area is 175 Å². The number of hydrogen-bond acceptors (Lipinski definition) is 6. The fraction of sp³-hybridized carbons (Fsp3) is 0.522. The first-order valence-electron chi connectivity index (χ1n) is 10.8. The van der Waals surface area contributed by atoms with E-state index in [2.05, 4.69) is 21.4 Å². The minimum absolute atomic E-state index is 0.170. The first-order valence-corrected chi connectivity index (χ1v) is 10.8. The Balaban J connectivity index is 1.18. The van der Waals surface area contributed by atoms with Gasteiger partial charge in [-0.25, -0.2) is 4.68 Å². The van der Waals surface area contributed by atoms with Crippen molar-refractivity contribution in [1.82, 2.24) is 20.0 Å². The number of pyridine rings is 1. The van der Waals surface area contributed by atoms with Gasteiger partial charge in [0.05, 0.1) is 37.6 Å². The van der Waals surface area contributed by atoms with E-state index in [-0.39, 0.29) is 6.10 Å². The van der Waals surface area contributed by atoms with Crippen LogP contribution in [0.2, 0.25) is 0 Å². The van der Waals surface area contributed by atoms with Crippen LogP contribution in [0.25, 0.3) is 10.9 Å². The lowest BCUT2D eigenvalue weighted by Gasteiger charge is -2.43. The number of aromatic nitrogens is 4. The molecule has 2 aromatic heterocycles. The predicted molar refractivity (Wildman–Crippen MR) is 110 cm³/mol. The second kappa shape index (κ2) is 7.03. The molecular weight excluding hydrogens is 380 g/mol. The average Bonchev–Trinajstić information content (AvgIpc) is 3.42. The molecule has 3 aliphatic rings. The van der Waals surface area contributed by atoms with Crippen molar-refractivity contribution in [3.63, 3.8) is 0 Å². The number of rotatable bonds is 4. The van der Waals surface area contributed by atoms with Crippen molar-refractivity contribution in [3.05, 3.63) is 47.4 Å². The van der Waals surface area contributed by atoms with Crippen LogP contribution in [0.15, 0.2) is 30.6 Å². The molecular formula is C23H26N4O3. The average molecular weight is 406 g/mol. The SMILES string of the molecule is C[C@@H](Oc1ccc2ncc3c(c2c1)CCOC3)c1cn(C2CC3(CCOC3)C2)nn1. The van der Waals surface area contributed by atoms with Gasteiger partial charge in [0.2, 0.25) is 0 Å². The van der Waals surface area contributed by atoms with Crippen LogP contribution < -0.4 is 4.74 Å². The Morgan fingerprint density at radius 2 is 2.17 bits per heavy atom. The molecule has 0 N–H and O–H groups in total. The highest BCUT2D eigenvalue weighted by atomic mass is 16.5. The summed E-state index contributed by atoms with van der Waals surface area (Å²) in [6.07, 6.45) is 8.17. The Kier molecular flexibility index (Phi) is 4.28. The van der Waals surface area contributed by atoms with Gasteiger partial charge in [-0.1, -0.05) is 5.21 Å². The molecule has 1 saturated heterocycles. The lowest BCUT2D eigenvalue weighted by atomic mass is 9.65. The van der Waals surface area contributed by atoms with E-state index in [9.17, 15) is 0 Å². The third kappa shape index (κ3) is 3.08. The van der Waals surface area contributed by atoms with E-state index in [1.807, 2.05) is 36.1 Å².